The third kappa shape index (κ3) is 4.06. The molecule has 0 saturated heterocycles. The minimum absolute atomic E-state index is 0.288. The van der Waals surface area contributed by atoms with Crippen molar-refractivity contribution in [2.45, 2.75) is 31.1 Å². The lowest BCUT2D eigenvalue weighted by Gasteiger charge is -2.27. The minimum atomic E-state index is -4.64. The molecule has 1 aliphatic rings. The molecular formula is C17H16F3N3O3S. The fourth-order valence-electron chi connectivity index (χ4n) is 2.84. The third-order valence-corrected chi connectivity index (χ3v) is 5.40. The largest absolute Gasteiger partial charge is 0.416 e. The third-order valence-electron chi connectivity index (χ3n) is 3.92. The molecule has 6 nitrogen and oxygen atoms in total. The van der Waals surface area contributed by atoms with Crippen molar-refractivity contribution in [1.82, 2.24) is 4.72 Å². The molecule has 0 saturated carbocycles. The molecule has 10 heteroatoms. The predicted octanol–water partition coefficient (Wildman–Crippen LogP) is 2.99. The number of carbonyl (C=O) groups is 1. The van der Waals surface area contributed by atoms with E-state index in [4.69, 9.17) is 0 Å². The zero-order valence-electron chi connectivity index (χ0n) is 14.3. The van der Waals surface area contributed by atoms with E-state index in [0.717, 1.165) is 17.2 Å². The zero-order chi connectivity index (χ0) is 20.0. The number of aryl methyl sites for hydroxylation is 2. The van der Waals surface area contributed by atoms with E-state index < -0.39 is 33.8 Å². The van der Waals surface area contributed by atoms with Gasteiger partial charge in [0.25, 0.3) is 5.91 Å². The van der Waals surface area contributed by atoms with Crippen LogP contribution < -0.4 is 15.4 Å². The van der Waals surface area contributed by atoms with Crippen molar-refractivity contribution in [1.29, 1.82) is 0 Å². The van der Waals surface area contributed by atoms with Crippen LogP contribution in [0.25, 0.3) is 0 Å². The van der Waals surface area contributed by atoms with Gasteiger partial charge >= 0.3 is 6.18 Å². The van der Waals surface area contributed by atoms with Crippen LogP contribution in [-0.4, -0.2) is 20.5 Å². The van der Waals surface area contributed by atoms with Crippen LogP contribution in [0.15, 0.2) is 41.3 Å². The first kappa shape index (κ1) is 19.2. The topological polar surface area (TPSA) is 87.3 Å². The van der Waals surface area contributed by atoms with Crippen LogP contribution in [0.5, 0.6) is 0 Å². The van der Waals surface area contributed by atoms with Crippen molar-refractivity contribution in [3.63, 3.8) is 0 Å². The molecule has 2 aromatic carbocycles. The number of anilines is 2. The van der Waals surface area contributed by atoms with Gasteiger partial charge in [-0.15, -0.1) is 0 Å². The zero-order valence-corrected chi connectivity index (χ0v) is 15.1. The van der Waals surface area contributed by atoms with Crippen molar-refractivity contribution in [3.8, 4) is 0 Å². The van der Waals surface area contributed by atoms with Gasteiger partial charge in [-0.2, -0.15) is 17.9 Å². The lowest BCUT2D eigenvalue weighted by atomic mass is 10.1. The molecule has 144 valence electrons. The van der Waals surface area contributed by atoms with Gasteiger partial charge in [-0.05, 0) is 55.3 Å². The highest BCUT2D eigenvalue weighted by molar-refractivity contribution is 7.89. The number of benzene rings is 2. The van der Waals surface area contributed by atoms with Gasteiger partial charge in [0.05, 0.1) is 11.3 Å². The highest BCUT2D eigenvalue weighted by Gasteiger charge is 2.37. The number of sulfonamides is 1. The highest BCUT2D eigenvalue weighted by Crippen LogP contribution is 2.35. The van der Waals surface area contributed by atoms with E-state index in [1.54, 1.807) is 12.1 Å². The molecule has 3 N–H and O–H groups in total. The first-order valence-electron chi connectivity index (χ1n) is 7.85. The van der Waals surface area contributed by atoms with Crippen molar-refractivity contribution >= 4 is 27.3 Å². The summed E-state index contributed by atoms with van der Waals surface area (Å²) in [4.78, 5) is 12.1. The molecule has 2 aromatic rings. The van der Waals surface area contributed by atoms with Gasteiger partial charge in [0.1, 0.15) is 4.90 Å². The van der Waals surface area contributed by atoms with Crippen LogP contribution in [0.2, 0.25) is 0 Å². The van der Waals surface area contributed by atoms with E-state index in [1.807, 2.05) is 19.9 Å². The quantitative estimate of drug-likeness (QED) is 0.725. The Morgan fingerprint density at radius 3 is 2.30 bits per heavy atom. The van der Waals surface area contributed by atoms with Crippen LogP contribution >= 0.6 is 0 Å². The Kier molecular flexibility index (Phi) is 4.64. The van der Waals surface area contributed by atoms with Crippen LogP contribution in [0.1, 0.15) is 16.7 Å². The molecule has 1 amide bonds. The van der Waals surface area contributed by atoms with Crippen molar-refractivity contribution in [2.75, 3.05) is 10.6 Å². The molecule has 0 bridgehead atoms. The van der Waals surface area contributed by atoms with E-state index >= 15 is 0 Å². The summed E-state index contributed by atoms with van der Waals surface area (Å²) in [6.45, 7) is 3.66. The highest BCUT2D eigenvalue weighted by atomic mass is 32.2. The summed E-state index contributed by atoms with van der Waals surface area (Å²) in [7, 11) is -4.15. The Labute approximate surface area is 153 Å². The second-order valence-corrected chi connectivity index (χ2v) is 7.96. The number of rotatable bonds is 2. The number of halogens is 3. The molecule has 3 rings (SSSR count). The first-order chi connectivity index (χ1) is 12.5. The van der Waals surface area contributed by atoms with E-state index in [9.17, 15) is 26.4 Å². The van der Waals surface area contributed by atoms with Crippen LogP contribution in [0.4, 0.5) is 24.5 Å². The molecular weight excluding hydrogens is 383 g/mol. The average Bonchev–Trinajstić information content (AvgIpc) is 2.51. The summed E-state index contributed by atoms with van der Waals surface area (Å²) in [5, 5.41) is 5.07. The first-order valence-corrected chi connectivity index (χ1v) is 9.33. The smallest absolute Gasteiger partial charge is 0.360 e. The second kappa shape index (κ2) is 6.54. The van der Waals surface area contributed by atoms with E-state index in [0.29, 0.717) is 17.8 Å². The maximum atomic E-state index is 12.9. The number of nitrogens with one attached hydrogen (secondary N) is 3. The SMILES string of the molecule is Cc1cc(C)cc(NC(=O)[C@@H]2Nc3cc(C(F)(F)F)ccc3S(=O)(=O)N2)c1. The molecule has 0 aliphatic carbocycles. The van der Waals surface area contributed by atoms with Gasteiger partial charge in [-0.25, -0.2) is 8.42 Å². The molecule has 27 heavy (non-hydrogen) atoms. The summed E-state index contributed by atoms with van der Waals surface area (Å²) in [6, 6.07) is 7.48. The molecule has 0 fully saturated rings. The van der Waals surface area contributed by atoms with E-state index in [1.165, 1.54) is 0 Å². The van der Waals surface area contributed by atoms with Gasteiger partial charge in [-0.1, -0.05) is 6.07 Å². The Bertz CT molecular complexity index is 1000. The fraction of sp³-hybridized carbons (Fsp3) is 0.235. The molecule has 0 spiro atoms. The minimum Gasteiger partial charge on any atom is -0.360 e. The molecule has 1 atom stereocenters. The second-order valence-electron chi connectivity index (χ2n) is 6.27. The van der Waals surface area contributed by atoms with Crippen LogP contribution in [-0.2, 0) is 21.0 Å². The number of amides is 1. The Balaban J connectivity index is 1.90. The summed E-state index contributed by atoms with van der Waals surface area (Å²) < 4.78 is 65.4. The van der Waals surface area contributed by atoms with E-state index in [2.05, 4.69) is 15.4 Å². The standard InChI is InChI=1S/C17H16F3N3O3S/c1-9-5-10(2)7-12(6-9)21-16(24)15-22-13-8-11(17(18,19)20)3-4-14(13)27(25,26)23-15/h3-8,15,22-23H,1-2H3,(H,21,24)/t15-/m1/s1. The monoisotopic (exact) mass is 399 g/mol. The summed E-state index contributed by atoms with van der Waals surface area (Å²) in [6.07, 6.45) is -6.09. The van der Waals surface area contributed by atoms with Crippen molar-refractivity contribution < 1.29 is 26.4 Å². The Hall–Kier alpha value is -2.59. The van der Waals surface area contributed by atoms with Gasteiger partial charge in [-0.3, -0.25) is 4.79 Å². The van der Waals surface area contributed by atoms with Gasteiger partial charge in [0.15, 0.2) is 6.17 Å². The molecule has 0 unspecified atom stereocenters. The number of hydrogen-bond donors (Lipinski definition) is 3. The molecule has 1 heterocycles. The maximum Gasteiger partial charge on any atom is 0.416 e. The number of hydrogen-bond acceptors (Lipinski definition) is 4. The van der Waals surface area contributed by atoms with Crippen LogP contribution in [0.3, 0.4) is 0 Å². The molecule has 0 radical (unpaired) electrons. The molecule has 1 aliphatic heterocycles. The summed E-state index contributed by atoms with van der Waals surface area (Å²) >= 11 is 0. The van der Waals surface area contributed by atoms with Gasteiger partial charge in [0.2, 0.25) is 10.0 Å². The maximum absolute atomic E-state index is 12.9. The van der Waals surface area contributed by atoms with Crippen LogP contribution in [0, 0.1) is 13.8 Å². The normalized spacial score (nSPS) is 18.3. The van der Waals surface area contributed by atoms with Crippen molar-refractivity contribution in [2.24, 2.45) is 0 Å². The fourth-order valence-corrected chi connectivity index (χ4v) is 4.10. The Morgan fingerprint density at radius 2 is 1.70 bits per heavy atom. The number of fused-ring (bicyclic) bond motifs is 1. The van der Waals surface area contributed by atoms with Gasteiger partial charge < -0.3 is 10.6 Å². The predicted molar refractivity (Wildman–Crippen MR) is 93.7 cm³/mol. The number of alkyl halides is 3. The average molecular weight is 399 g/mol. The summed E-state index contributed by atoms with van der Waals surface area (Å²) in [5.41, 5.74) is 0.932. The van der Waals surface area contributed by atoms with E-state index in [-0.39, 0.29) is 10.6 Å². The summed E-state index contributed by atoms with van der Waals surface area (Å²) in [5.74, 6) is -0.744. The lowest BCUT2D eigenvalue weighted by Crippen LogP contribution is -2.51. The number of carbonyl (C=O) groups excluding carboxylic acids is 1. The van der Waals surface area contributed by atoms with Crippen molar-refractivity contribution in [3.05, 3.63) is 53.1 Å². The Morgan fingerprint density at radius 1 is 1.07 bits per heavy atom. The van der Waals surface area contributed by atoms with Gasteiger partial charge in [0, 0.05) is 5.69 Å². The lowest BCUT2D eigenvalue weighted by molar-refractivity contribution is -0.137. The molecule has 0 aromatic heterocycles.